The van der Waals surface area contributed by atoms with Gasteiger partial charge < -0.3 is 24.8 Å². The Hall–Kier alpha value is -1.06. The van der Waals surface area contributed by atoms with Crippen LogP contribution in [-0.2, 0) is 16.1 Å². The zero-order valence-electron chi connectivity index (χ0n) is 15.5. The first-order valence-electron chi connectivity index (χ1n) is 8.53. The molecule has 0 unspecified atom stereocenters. The minimum Gasteiger partial charge on any atom is -0.496 e. The molecule has 1 aromatic rings. The molecule has 0 atom stereocenters. The van der Waals surface area contributed by atoms with Crippen molar-refractivity contribution in [2.45, 2.75) is 26.4 Å². The van der Waals surface area contributed by atoms with Crippen molar-refractivity contribution >= 4 is 29.9 Å². The summed E-state index contributed by atoms with van der Waals surface area (Å²) < 4.78 is 16.3. The van der Waals surface area contributed by atoms with E-state index in [4.69, 9.17) is 14.2 Å². The Labute approximate surface area is 168 Å². The first kappa shape index (κ1) is 23.9. The lowest BCUT2D eigenvalue weighted by Crippen LogP contribution is -2.39. The first-order chi connectivity index (χ1) is 11.8. The summed E-state index contributed by atoms with van der Waals surface area (Å²) in [4.78, 5) is 4.19. The van der Waals surface area contributed by atoms with Gasteiger partial charge in [0.2, 0.25) is 0 Å². The third-order valence-corrected chi connectivity index (χ3v) is 3.42. The van der Waals surface area contributed by atoms with E-state index in [1.54, 1.807) is 14.2 Å². The number of unbranched alkanes of at least 4 members (excludes halogenated alkanes) is 1. The molecule has 0 saturated heterocycles. The number of hydrogen-bond donors (Lipinski definition) is 2. The molecule has 0 fully saturated rings. The molecule has 1 rings (SSSR count). The molecule has 0 heterocycles. The number of benzene rings is 1. The highest BCUT2D eigenvalue weighted by molar-refractivity contribution is 14.0. The number of aliphatic imine (C=N–C) groups is 1. The number of nitrogens with one attached hydrogen (secondary N) is 2. The van der Waals surface area contributed by atoms with Gasteiger partial charge in [-0.25, -0.2) is 0 Å². The zero-order chi connectivity index (χ0) is 17.5. The minimum atomic E-state index is 0. The second-order valence-electron chi connectivity index (χ2n) is 5.19. The van der Waals surface area contributed by atoms with E-state index in [2.05, 4.69) is 15.6 Å². The number of hydrogen-bond acceptors (Lipinski definition) is 4. The Morgan fingerprint density at radius 1 is 1.04 bits per heavy atom. The van der Waals surface area contributed by atoms with Crippen LogP contribution in [0.2, 0.25) is 0 Å². The summed E-state index contributed by atoms with van der Waals surface area (Å²) in [6.45, 7) is 6.34. The second-order valence-corrected chi connectivity index (χ2v) is 5.19. The van der Waals surface area contributed by atoms with E-state index in [9.17, 15) is 0 Å². The molecule has 0 aliphatic heterocycles. The third-order valence-electron chi connectivity index (χ3n) is 3.42. The maximum Gasteiger partial charge on any atom is 0.191 e. The Morgan fingerprint density at radius 3 is 2.52 bits per heavy atom. The highest BCUT2D eigenvalue weighted by Crippen LogP contribution is 2.17. The molecule has 1 aromatic carbocycles. The normalized spacial score (nSPS) is 10.9. The fraction of sp³-hybridized carbons (Fsp3) is 0.611. The zero-order valence-corrected chi connectivity index (χ0v) is 17.9. The standard InChI is InChI=1S/C18H31N3O3.HI/c1-4-23-13-8-7-11-20-18(19-2)21-12-14-24-15-16-9-5-6-10-17(16)22-3;/h5-6,9-10H,4,7-8,11-15H2,1-3H3,(H2,19,20,21);1H. The average Bonchev–Trinajstić information content (AvgIpc) is 2.62. The molecular formula is C18H32IN3O3. The van der Waals surface area contributed by atoms with Crippen LogP contribution in [-0.4, -0.2) is 53.0 Å². The van der Waals surface area contributed by atoms with Crippen molar-refractivity contribution in [2.24, 2.45) is 4.99 Å². The second kappa shape index (κ2) is 16.4. The van der Waals surface area contributed by atoms with Crippen molar-refractivity contribution in [1.82, 2.24) is 10.6 Å². The van der Waals surface area contributed by atoms with Crippen LogP contribution >= 0.6 is 24.0 Å². The molecule has 0 aliphatic carbocycles. The van der Waals surface area contributed by atoms with Crippen molar-refractivity contribution in [1.29, 1.82) is 0 Å². The van der Waals surface area contributed by atoms with Crippen LogP contribution in [0, 0.1) is 0 Å². The molecule has 0 bridgehead atoms. The number of ether oxygens (including phenoxy) is 3. The maximum absolute atomic E-state index is 5.69. The van der Waals surface area contributed by atoms with Crippen LogP contribution in [0.5, 0.6) is 5.75 Å². The number of para-hydroxylation sites is 1. The van der Waals surface area contributed by atoms with E-state index in [0.717, 1.165) is 49.9 Å². The summed E-state index contributed by atoms with van der Waals surface area (Å²) in [6, 6.07) is 7.88. The third kappa shape index (κ3) is 11.2. The van der Waals surface area contributed by atoms with Crippen molar-refractivity contribution in [2.75, 3.05) is 47.1 Å². The van der Waals surface area contributed by atoms with E-state index in [-0.39, 0.29) is 24.0 Å². The van der Waals surface area contributed by atoms with Crippen molar-refractivity contribution in [3.05, 3.63) is 29.8 Å². The quantitative estimate of drug-likeness (QED) is 0.215. The van der Waals surface area contributed by atoms with Crippen LogP contribution < -0.4 is 15.4 Å². The number of nitrogens with zero attached hydrogens (tertiary/aromatic N) is 1. The van der Waals surface area contributed by atoms with Crippen LogP contribution in [0.15, 0.2) is 29.3 Å². The molecule has 25 heavy (non-hydrogen) atoms. The van der Waals surface area contributed by atoms with Gasteiger partial charge in [-0.05, 0) is 25.8 Å². The van der Waals surface area contributed by atoms with Crippen LogP contribution in [0.4, 0.5) is 0 Å². The molecule has 7 heteroatoms. The van der Waals surface area contributed by atoms with E-state index >= 15 is 0 Å². The maximum atomic E-state index is 5.69. The van der Waals surface area contributed by atoms with Gasteiger partial charge in [0.1, 0.15) is 5.75 Å². The van der Waals surface area contributed by atoms with Gasteiger partial charge in [0.25, 0.3) is 0 Å². The Kier molecular flexibility index (Phi) is 15.7. The Balaban J connectivity index is 0.00000576. The number of rotatable bonds is 12. The van der Waals surface area contributed by atoms with Crippen LogP contribution in [0.1, 0.15) is 25.3 Å². The number of methoxy groups -OCH3 is 1. The van der Waals surface area contributed by atoms with Crippen LogP contribution in [0.3, 0.4) is 0 Å². The summed E-state index contributed by atoms with van der Waals surface area (Å²) in [7, 11) is 3.44. The number of halogens is 1. The van der Waals surface area contributed by atoms with Gasteiger partial charge in [-0.2, -0.15) is 0 Å². The Bertz CT molecular complexity index is 473. The minimum absolute atomic E-state index is 0. The van der Waals surface area contributed by atoms with Gasteiger partial charge in [-0.15, -0.1) is 24.0 Å². The fourth-order valence-corrected chi connectivity index (χ4v) is 2.15. The highest BCUT2D eigenvalue weighted by atomic mass is 127. The molecule has 0 radical (unpaired) electrons. The predicted octanol–water partition coefficient (Wildman–Crippen LogP) is 2.81. The summed E-state index contributed by atoms with van der Waals surface area (Å²) in [6.07, 6.45) is 2.12. The van der Waals surface area contributed by atoms with Gasteiger partial charge >= 0.3 is 0 Å². The summed E-state index contributed by atoms with van der Waals surface area (Å²) in [5.41, 5.74) is 1.05. The molecule has 0 amide bonds. The molecule has 0 saturated carbocycles. The fourth-order valence-electron chi connectivity index (χ4n) is 2.15. The molecule has 144 valence electrons. The van der Waals surface area contributed by atoms with E-state index in [1.165, 1.54) is 0 Å². The SMILES string of the molecule is CCOCCCCNC(=NC)NCCOCc1ccccc1OC.I. The van der Waals surface area contributed by atoms with E-state index in [0.29, 0.717) is 19.8 Å². The van der Waals surface area contributed by atoms with Gasteiger partial charge in [-0.3, -0.25) is 4.99 Å². The van der Waals surface area contributed by atoms with E-state index in [1.807, 2.05) is 31.2 Å². The first-order valence-corrected chi connectivity index (χ1v) is 8.53. The molecule has 0 spiro atoms. The molecule has 6 nitrogen and oxygen atoms in total. The molecular weight excluding hydrogens is 433 g/mol. The van der Waals surface area contributed by atoms with Gasteiger partial charge in [0.05, 0.1) is 20.3 Å². The Morgan fingerprint density at radius 2 is 1.80 bits per heavy atom. The monoisotopic (exact) mass is 465 g/mol. The van der Waals surface area contributed by atoms with Gasteiger partial charge in [0, 0.05) is 38.9 Å². The largest absolute Gasteiger partial charge is 0.496 e. The lowest BCUT2D eigenvalue weighted by Gasteiger charge is -2.12. The molecule has 0 aliphatic rings. The molecule has 0 aromatic heterocycles. The highest BCUT2D eigenvalue weighted by Gasteiger charge is 2.01. The van der Waals surface area contributed by atoms with Crippen molar-refractivity contribution in [3.63, 3.8) is 0 Å². The smallest absolute Gasteiger partial charge is 0.191 e. The molecule has 2 N–H and O–H groups in total. The van der Waals surface area contributed by atoms with Crippen LogP contribution in [0.25, 0.3) is 0 Å². The van der Waals surface area contributed by atoms with Crippen molar-refractivity contribution in [3.8, 4) is 5.75 Å². The lowest BCUT2D eigenvalue weighted by molar-refractivity contribution is 0.123. The number of guanidine groups is 1. The summed E-state index contributed by atoms with van der Waals surface area (Å²) >= 11 is 0. The topological polar surface area (TPSA) is 64.1 Å². The van der Waals surface area contributed by atoms with Gasteiger partial charge in [-0.1, -0.05) is 18.2 Å². The average molecular weight is 465 g/mol. The van der Waals surface area contributed by atoms with E-state index < -0.39 is 0 Å². The predicted molar refractivity (Wildman–Crippen MR) is 113 cm³/mol. The van der Waals surface area contributed by atoms with Crippen molar-refractivity contribution < 1.29 is 14.2 Å². The summed E-state index contributed by atoms with van der Waals surface area (Å²) in [5.74, 6) is 1.65. The lowest BCUT2D eigenvalue weighted by atomic mass is 10.2. The van der Waals surface area contributed by atoms with Gasteiger partial charge in [0.15, 0.2) is 5.96 Å². The summed E-state index contributed by atoms with van der Waals surface area (Å²) in [5, 5.41) is 6.52.